The van der Waals surface area contributed by atoms with E-state index in [-0.39, 0.29) is 9.93 Å². The quantitative estimate of drug-likeness (QED) is 0.715. The maximum Gasteiger partial charge on any atom is 0.294 e. The van der Waals surface area contributed by atoms with Crippen molar-refractivity contribution in [2.45, 2.75) is 0 Å². The number of amides is 3. The Balaban J connectivity index is 1.72. The number of halogens is 3. The summed E-state index contributed by atoms with van der Waals surface area (Å²) in [5, 5.41) is 2.51. The third-order valence-corrected chi connectivity index (χ3v) is 5.31. The highest BCUT2D eigenvalue weighted by molar-refractivity contribution is 8.18. The molecule has 1 aliphatic heterocycles. The van der Waals surface area contributed by atoms with Gasteiger partial charge in [-0.15, -0.1) is 0 Å². The van der Waals surface area contributed by atoms with Crippen molar-refractivity contribution in [3.05, 3.63) is 68.8 Å². The van der Waals surface area contributed by atoms with Crippen molar-refractivity contribution < 1.29 is 18.8 Å². The molecule has 1 fully saturated rings. The summed E-state index contributed by atoms with van der Waals surface area (Å²) in [6.45, 7) is -0.456. The zero-order valence-corrected chi connectivity index (χ0v) is 15.9. The first-order chi connectivity index (χ1) is 12.8. The Morgan fingerprint density at radius 3 is 2.56 bits per heavy atom. The molecule has 1 N–H and O–H groups in total. The second kappa shape index (κ2) is 8.12. The van der Waals surface area contributed by atoms with Crippen LogP contribution in [-0.4, -0.2) is 28.5 Å². The fraction of sp³-hybridized carbons (Fsp3) is 0.0556. The van der Waals surface area contributed by atoms with Gasteiger partial charge in [0.15, 0.2) is 0 Å². The number of benzene rings is 2. The van der Waals surface area contributed by atoms with Crippen LogP contribution in [0.2, 0.25) is 10.0 Å². The molecule has 27 heavy (non-hydrogen) atoms. The third-order valence-electron chi connectivity index (χ3n) is 3.57. The molecule has 1 saturated heterocycles. The standard InChI is InChI=1S/C18H11Cl2FN2O3S/c19-13-3-1-2-10(16(13)20)8-14-17(25)23(18(26)27-14)9-15(24)22-12-6-4-11(21)5-7-12/h1-8H,9H2,(H,22,24)/b14-8-. The summed E-state index contributed by atoms with van der Waals surface area (Å²) in [4.78, 5) is 37.6. The van der Waals surface area contributed by atoms with Crippen LogP contribution in [-0.2, 0) is 9.59 Å². The van der Waals surface area contributed by atoms with Gasteiger partial charge in [-0.3, -0.25) is 19.3 Å². The van der Waals surface area contributed by atoms with Gasteiger partial charge >= 0.3 is 0 Å². The van der Waals surface area contributed by atoms with Crippen LogP contribution in [0.25, 0.3) is 6.08 Å². The summed E-state index contributed by atoms with van der Waals surface area (Å²) in [6, 6.07) is 10.1. The van der Waals surface area contributed by atoms with Crippen LogP contribution >= 0.6 is 35.0 Å². The lowest BCUT2D eigenvalue weighted by molar-refractivity contribution is -0.127. The fourth-order valence-electron chi connectivity index (χ4n) is 2.29. The summed E-state index contributed by atoms with van der Waals surface area (Å²) < 4.78 is 12.9. The Hall–Kier alpha value is -2.35. The molecule has 138 valence electrons. The summed E-state index contributed by atoms with van der Waals surface area (Å²) in [6.07, 6.45) is 1.46. The van der Waals surface area contributed by atoms with Crippen LogP contribution in [0.1, 0.15) is 5.56 Å². The maximum absolute atomic E-state index is 12.9. The van der Waals surface area contributed by atoms with Gasteiger partial charge in [0.2, 0.25) is 5.91 Å². The van der Waals surface area contributed by atoms with Gasteiger partial charge in [-0.25, -0.2) is 4.39 Å². The lowest BCUT2D eigenvalue weighted by Gasteiger charge is -2.12. The van der Waals surface area contributed by atoms with Crippen LogP contribution in [0.3, 0.4) is 0 Å². The van der Waals surface area contributed by atoms with Gasteiger partial charge in [-0.2, -0.15) is 0 Å². The van der Waals surface area contributed by atoms with Crippen LogP contribution < -0.4 is 5.32 Å². The van der Waals surface area contributed by atoms with Crippen LogP contribution in [0.4, 0.5) is 14.9 Å². The predicted molar refractivity (Wildman–Crippen MR) is 104 cm³/mol. The molecule has 9 heteroatoms. The van der Waals surface area contributed by atoms with Crippen molar-refractivity contribution >= 4 is 63.8 Å². The van der Waals surface area contributed by atoms with E-state index in [4.69, 9.17) is 23.2 Å². The molecule has 3 amide bonds. The minimum atomic E-state index is -0.602. The zero-order valence-electron chi connectivity index (χ0n) is 13.5. The molecule has 1 aliphatic rings. The Morgan fingerprint density at radius 2 is 1.85 bits per heavy atom. The molecule has 2 aromatic carbocycles. The summed E-state index contributed by atoms with van der Waals surface area (Å²) in [5.74, 6) is -1.62. The molecule has 0 aliphatic carbocycles. The number of carbonyl (C=O) groups excluding carboxylic acids is 3. The second-order valence-corrected chi connectivity index (χ2v) is 7.24. The molecule has 3 rings (SSSR count). The number of nitrogens with one attached hydrogen (secondary N) is 1. The van der Waals surface area contributed by atoms with Crippen LogP contribution in [0.15, 0.2) is 47.4 Å². The van der Waals surface area contributed by atoms with E-state index in [0.717, 1.165) is 4.90 Å². The van der Waals surface area contributed by atoms with Crippen molar-refractivity contribution in [3.63, 3.8) is 0 Å². The first-order valence-electron chi connectivity index (χ1n) is 7.60. The molecule has 0 bridgehead atoms. The number of imide groups is 1. The molecule has 0 atom stereocenters. The summed E-state index contributed by atoms with van der Waals surface area (Å²) in [7, 11) is 0. The lowest BCUT2D eigenvalue weighted by atomic mass is 10.2. The van der Waals surface area contributed by atoms with E-state index in [2.05, 4.69) is 5.32 Å². The van der Waals surface area contributed by atoms with E-state index in [9.17, 15) is 18.8 Å². The van der Waals surface area contributed by atoms with Crippen molar-refractivity contribution in [2.24, 2.45) is 0 Å². The van der Waals surface area contributed by atoms with Crippen molar-refractivity contribution in [3.8, 4) is 0 Å². The highest BCUT2D eigenvalue weighted by atomic mass is 35.5. The number of hydrogen-bond acceptors (Lipinski definition) is 4. The van der Waals surface area contributed by atoms with Gasteiger partial charge < -0.3 is 5.32 Å². The molecule has 0 saturated carbocycles. The van der Waals surface area contributed by atoms with Gasteiger partial charge in [0.25, 0.3) is 11.1 Å². The van der Waals surface area contributed by atoms with Gasteiger partial charge in [0.1, 0.15) is 12.4 Å². The Labute approximate surface area is 168 Å². The molecule has 0 radical (unpaired) electrons. The molecule has 1 heterocycles. The first kappa shape index (κ1) is 19.4. The maximum atomic E-state index is 12.9. The summed E-state index contributed by atoms with van der Waals surface area (Å²) >= 11 is 12.7. The highest BCUT2D eigenvalue weighted by Crippen LogP contribution is 2.34. The largest absolute Gasteiger partial charge is 0.325 e. The summed E-state index contributed by atoms with van der Waals surface area (Å²) in [5.41, 5.74) is 0.847. The van der Waals surface area contributed by atoms with Gasteiger partial charge in [0, 0.05) is 5.69 Å². The molecule has 0 spiro atoms. The average Bonchev–Trinajstić information content (AvgIpc) is 2.88. The minimum absolute atomic E-state index is 0.138. The number of nitrogens with zero attached hydrogens (tertiary/aromatic N) is 1. The van der Waals surface area contributed by atoms with Gasteiger partial charge in [-0.1, -0.05) is 35.3 Å². The third kappa shape index (κ3) is 4.50. The van der Waals surface area contributed by atoms with Gasteiger partial charge in [-0.05, 0) is 53.7 Å². The Morgan fingerprint density at radius 1 is 1.15 bits per heavy atom. The van der Waals surface area contributed by atoms with Crippen molar-refractivity contribution in [1.29, 1.82) is 0 Å². The SMILES string of the molecule is O=C(CN1C(=O)S/C(=C\c2cccc(Cl)c2Cl)C1=O)Nc1ccc(F)cc1. The first-order valence-corrected chi connectivity index (χ1v) is 9.17. The Bertz CT molecular complexity index is 964. The average molecular weight is 425 g/mol. The fourth-order valence-corrected chi connectivity index (χ4v) is 3.48. The minimum Gasteiger partial charge on any atom is -0.325 e. The number of carbonyl (C=O) groups is 3. The molecular weight excluding hydrogens is 414 g/mol. The molecular formula is C18H11Cl2FN2O3S. The van der Waals surface area contributed by atoms with E-state index in [1.807, 2.05) is 0 Å². The van der Waals surface area contributed by atoms with E-state index >= 15 is 0 Å². The Kier molecular flexibility index (Phi) is 5.84. The van der Waals surface area contributed by atoms with Crippen molar-refractivity contribution in [2.75, 3.05) is 11.9 Å². The molecule has 2 aromatic rings. The van der Waals surface area contributed by atoms with Crippen molar-refractivity contribution in [1.82, 2.24) is 4.90 Å². The van der Waals surface area contributed by atoms with E-state index < -0.39 is 29.4 Å². The topological polar surface area (TPSA) is 66.5 Å². The van der Waals surface area contributed by atoms with E-state index in [0.29, 0.717) is 28.0 Å². The van der Waals surface area contributed by atoms with Gasteiger partial charge in [0.05, 0.1) is 15.0 Å². The number of hydrogen-bond donors (Lipinski definition) is 1. The number of anilines is 1. The predicted octanol–water partition coefficient (Wildman–Crippen LogP) is 4.81. The van der Waals surface area contributed by atoms with E-state index in [1.165, 1.54) is 30.3 Å². The molecule has 0 unspecified atom stereocenters. The highest BCUT2D eigenvalue weighted by Gasteiger charge is 2.36. The number of rotatable bonds is 4. The number of thioether (sulfide) groups is 1. The smallest absolute Gasteiger partial charge is 0.294 e. The monoisotopic (exact) mass is 424 g/mol. The molecule has 0 aromatic heterocycles. The van der Waals surface area contributed by atoms with E-state index in [1.54, 1.807) is 18.2 Å². The lowest BCUT2D eigenvalue weighted by Crippen LogP contribution is -2.36. The zero-order chi connectivity index (χ0) is 19.6. The molecule has 5 nitrogen and oxygen atoms in total. The normalized spacial score (nSPS) is 15.5. The second-order valence-electron chi connectivity index (χ2n) is 5.47. The van der Waals surface area contributed by atoms with Crippen LogP contribution in [0, 0.1) is 5.82 Å². The van der Waals surface area contributed by atoms with Crippen LogP contribution in [0.5, 0.6) is 0 Å².